The first-order valence-corrected chi connectivity index (χ1v) is 7.22. The summed E-state index contributed by atoms with van der Waals surface area (Å²) in [5, 5.41) is 10.6. The minimum absolute atomic E-state index is 0.0429. The summed E-state index contributed by atoms with van der Waals surface area (Å²) in [5.74, 6) is -1.44. The topological polar surface area (TPSA) is 74.3 Å². The zero-order valence-corrected chi connectivity index (χ0v) is 10.8. The zero-order chi connectivity index (χ0) is 13.9. The van der Waals surface area contributed by atoms with Gasteiger partial charge in [-0.1, -0.05) is 42.5 Å². The molecule has 0 atom stereocenters. The Kier molecular flexibility index (Phi) is 3.66. The molecule has 2 aromatic rings. The third-order valence-corrected chi connectivity index (χ3v) is 4.35. The smallest absolute Gasteiger partial charge is 0.182 e. The van der Waals surface area contributed by atoms with Crippen molar-refractivity contribution in [1.29, 1.82) is 0 Å². The average Bonchev–Trinajstić information content (AvgIpc) is 2.39. The molecule has 98 valence electrons. The Hall–Kier alpha value is -2.14. The van der Waals surface area contributed by atoms with Crippen molar-refractivity contribution >= 4 is 15.8 Å². The molecule has 0 saturated heterocycles. The molecule has 2 aromatic carbocycles. The molecule has 0 aliphatic rings. The second-order valence-electron chi connectivity index (χ2n) is 4.06. The largest absolute Gasteiger partial charge is 0.545 e. The lowest BCUT2D eigenvalue weighted by Gasteiger charge is -2.06. The van der Waals surface area contributed by atoms with Crippen molar-refractivity contribution in [2.45, 2.75) is 10.6 Å². The van der Waals surface area contributed by atoms with Crippen LogP contribution in [0.4, 0.5) is 0 Å². The van der Waals surface area contributed by atoms with Crippen LogP contribution < -0.4 is 5.11 Å². The summed E-state index contributed by atoms with van der Waals surface area (Å²) in [5.41, 5.74) is 0.644. The molecular weight excluding hydrogens is 264 g/mol. The van der Waals surface area contributed by atoms with E-state index in [1.807, 2.05) is 6.07 Å². The van der Waals surface area contributed by atoms with Gasteiger partial charge in [-0.05, 0) is 23.3 Å². The third kappa shape index (κ3) is 3.20. The van der Waals surface area contributed by atoms with Gasteiger partial charge in [-0.2, -0.15) is 0 Å². The highest BCUT2D eigenvalue weighted by Crippen LogP contribution is 2.16. The fourth-order valence-electron chi connectivity index (χ4n) is 1.68. The number of carbonyl (C=O) groups is 1. The van der Waals surface area contributed by atoms with Crippen LogP contribution in [0.5, 0.6) is 0 Å². The monoisotopic (exact) mass is 275 g/mol. The molecule has 19 heavy (non-hydrogen) atoms. The van der Waals surface area contributed by atoms with Crippen LogP contribution in [-0.4, -0.2) is 14.4 Å². The maximum atomic E-state index is 12.1. The van der Waals surface area contributed by atoms with E-state index in [1.54, 1.807) is 24.3 Å². The molecule has 0 fully saturated rings. The molecule has 0 unspecified atom stereocenters. The Bertz CT molecular complexity index is 673. The lowest BCUT2D eigenvalue weighted by atomic mass is 10.2. The quantitative estimate of drug-likeness (QED) is 0.835. The summed E-state index contributed by atoms with van der Waals surface area (Å²) in [6.45, 7) is 0. The van der Waals surface area contributed by atoms with Crippen molar-refractivity contribution in [3.63, 3.8) is 0 Å². The van der Waals surface area contributed by atoms with E-state index >= 15 is 0 Å². The number of rotatable bonds is 4. The fraction of sp³-hybridized carbons (Fsp3) is 0.0714. The molecule has 0 aromatic heterocycles. The number of carboxylic acids is 1. The summed E-state index contributed by atoms with van der Waals surface area (Å²) in [4.78, 5) is 10.7. The van der Waals surface area contributed by atoms with E-state index in [1.165, 1.54) is 24.3 Å². The fourth-order valence-corrected chi connectivity index (χ4v) is 3.02. The summed E-state index contributed by atoms with van der Waals surface area (Å²) in [6, 6.07) is 13.8. The lowest BCUT2D eigenvalue weighted by Crippen LogP contribution is -2.22. The van der Waals surface area contributed by atoms with E-state index in [0.717, 1.165) is 0 Å². The molecular formula is C14H11O4S-. The second kappa shape index (κ2) is 5.24. The van der Waals surface area contributed by atoms with Gasteiger partial charge in [-0.3, -0.25) is 0 Å². The van der Waals surface area contributed by atoms with Crippen LogP contribution in [0.2, 0.25) is 0 Å². The van der Waals surface area contributed by atoms with Crippen LogP contribution in [0.15, 0.2) is 59.5 Å². The highest BCUT2D eigenvalue weighted by molar-refractivity contribution is 7.90. The molecule has 0 spiro atoms. The van der Waals surface area contributed by atoms with E-state index < -0.39 is 15.8 Å². The standard InChI is InChI=1S/C14H12O4S/c15-14(16)12-6-8-13(9-7-12)19(17,18)10-11-4-2-1-3-5-11/h1-9H,10H2,(H,15,16)/p-1. The molecule has 0 heterocycles. The molecule has 0 amide bonds. The Morgan fingerprint density at radius 2 is 1.53 bits per heavy atom. The highest BCUT2D eigenvalue weighted by Gasteiger charge is 2.14. The van der Waals surface area contributed by atoms with Crippen molar-refractivity contribution in [1.82, 2.24) is 0 Å². The van der Waals surface area contributed by atoms with E-state index in [9.17, 15) is 18.3 Å². The van der Waals surface area contributed by atoms with Crippen LogP contribution in [0.1, 0.15) is 15.9 Å². The van der Waals surface area contributed by atoms with Crippen LogP contribution >= 0.6 is 0 Å². The van der Waals surface area contributed by atoms with Gasteiger partial charge in [0.1, 0.15) is 0 Å². The van der Waals surface area contributed by atoms with Crippen LogP contribution in [0, 0.1) is 0 Å². The molecule has 2 rings (SSSR count). The molecule has 0 bridgehead atoms. The van der Waals surface area contributed by atoms with Gasteiger partial charge in [0.2, 0.25) is 0 Å². The first-order valence-electron chi connectivity index (χ1n) is 5.57. The van der Waals surface area contributed by atoms with Gasteiger partial charge in [0, 0.05) is 0 Å². The Balaban J connectivity index is 2.27. The summed E-state index contributed by atoms with van der Waals surface area (Å²) in [6.07, 6.45) is 0. The predicted molar refractivity (Wildman–Crippen MR) is 68.1 cm³/mol. The molecule has 0 aliphatic carbocycles. The molecule has 4 nitrogen and oxygen atoms in total. The predicted octanol–water partition coefficient (Wildman–Crippen LogP) is 1.02. The third-order valence-electron chi connectivity index (χ3n) is 2.65. The molecule has 0 radical (unpaired) electrons. The first-order chi connectivity index (χ1) is 8.99. The van der Waals surface area contributed by atoms with Crippen LogP contribution in [-0.2, 0) is 15.6 Å². The zero-order valence-electron chi connectivity index (χ0n) is 9.94. The van der Waals surface area contributed by atoms with E-state index in [4.69, 9.17) is 0 Å². The Morgan fingerprint density at radius 3 is 2.05 bits per heavy atom. The van der Waals surface area contributed by atoms with Crippen molar-refractivity contribution < 1.29 is 18.3 Å². The number of hydrogen-bond acceptors (Lipinski definition) is 4. The van der Waals surface area contributed by atoms with Gasteiger partial charge in [-0.25, -0.2) is 8.42 Å². The number of benzene rings is 2. The Morgan fingerprint density at radius 1 is 0.947 bits per heavy atom. The van der Waals surface area contributed by atoms with Gasteiger partial charge in [0.25, 0.3) is 0 Å². The van der Waals surface area contributed by atoms with Gasteiger partial charge in [0.15, 0.2) is 9.84 Å². The first kappa shape index (κ1) is 13.3. The maximum Gasteiger partial charge on any atom is 0.182 e. The van der Waals surface area contributed by atoms with Crippen LogP contribution in [0.25, 0.3) is 0 Å². The maximum absolute atomic E-state index is 12.1. The van der Waals surface area contributed by atoms with Gasteiger partial charge in [-0.15, -0.1) is 0 Å². The number of carboxylic acid groups (broad SMARTS) is 1. The summed E-state index contributed by atoms with van der Waals surface area (Å²) < 4.78 is 24.2. The van der Waals surface area contributed by atoms with Crippen molar-refractivity contribution in [3.8, 4) is 0 Å². The van der Waals surface area contributed by atoms with Crippen molar-refractivity contribution in [3.05, 3.63) is 65.7 Å². The van der Waals surface area contributed by atoms with Crippen molar-refractivity contribution in [2.24, 2.45) is 0 Å². The van der Waals surface area contributed by atoms with Crippen LogP contribution in [0.3, 0.4) is 0 Å². The lowest BCUT2D eigenvalue weighted by molar-refractivity contribution is -0.255. The number of carbonyl (C=O) groups excluding carboxylic acids is 1. The second-order valence-corrected chi connectivity index (χ2v) is 6.05. The van der Waals surface area contributed by atoms with Gasteiger partial charge in [0.05, 0.1) is 16.6 Å². The average molecular weight is 275 g/mol. The Labute approximate surface area is 111 Å². The number of sulfone groups is 1. The molecule has 5 heteroatoms. The van der Waals surface area contributed by atoms with E-state index in [2.05, 4.69) is 0 Å². The SMILES string of the molecule is O=C([O-])c1ccc(S(=O)(=O)Cc2ccccc2)cc1. The van der Waals surface area contributed by atoms with Gasteiger partial charge < -0.3 is 9.90 Å². The van der Waals surface area contributed by atoms with Crippen molar-refractivity contribution in [2.75, 3.05) is 0 Å². The summed E-state index contributed by atoms with van der Waals surface area (Å²) in [7, 11) is -3.47. The minimum Gasteiger partial charge on any atom is -0.545 e. The highest BCUT2D eigenvalue weighted by atomic mass is 32.2. The van der Waals surface area contributed by atoms with E-state index in [-0.39, 0.29) is 16.2 Å². The number of hydrogen-bond donors (Lipinski definition) is 0. The normalized spacial score (nSPS) is 11.2. The number of aromatic carboxylic acids is 1. The summed E-state index contributed by atoms with van der Waals surface area (Å²) >= 11 is 0. The molecule has 0 N–H and O–H groups in total. The molecule has 0 saturated carbocycles. The van der Waals surface area contributed by atoms with Gasteiger partial charge >= 0.3 is 0 Å². The molecule has 0 aliphatic heterocycles. The van der Waals surface area contributed by atoms with E-state index in [0.29, 0.717) is 5.56 Å². The minimum atomic E-state index is -3.47.